The van der Waals surface area contributed by atoms with Gasteiger partial charge in [-0.25, -0.2) is 0 Å². The molecule has 0 fully saturated rings. The first-order chi connectivity index (χ1) is 6.22. The van der Waals surface area contributed by atoms with E-state index in [2.05, 4.69) is 57.0 Å². The number of rotatable bonds is 1. The van der Waals surface area contributed by atoms with Gasteiger partial charge >= 0.3 is 0 Å². The van der Waals surface area contributed by atoms with E-state index in [1.165, 1.54) is 25.0 Å². The van der Waals surface area contributed by atoms with Crippen LogP contribution in [0.4, 0.5) is 0 Å². The van der Waals surface area contributed by atoms with Crippen LogP contribution in [0.15, 0.2) is 22.7 Å². The molecule has 0 nitrogen and oxygen atoms in total. The summed E-state index contributed by atoms with van der Waals surface area (Å²) >= 11 is 8.90. The summed E-state index contributed by atoms with van der Waals surface area (Å²) in [5.74, 6) is 0. The zero-order valence-corrected chi connectivity index (χ0v) is 11.1. The maximum absolute atomic E-state index is 3.60. The molecule has 0 radical (unpaired) electrons. The average molecular weight is 320 g/mol. The van der Waals surface area contributed by atoms with E-state index in [-0.39, 0.29) is 0 Å². The maximum Gasteiger partial charge on any atom is 0.0390 e. The van der Waals surface area contributed by atoms with E-state index in [9.17, 15) is 0 Å². The number of alkyl halides is 1. The number of hydrogen-bond acceptors (Lipinski definition) is 1. The third-order valence-corrected chi connectivity index (χ3v) is 5.01. The van der Waals surface area contributed by atoms with Gasteiger partial charge in [-0.05, 0) is 34.5 Å². The molecule has 2 aromatic rings. The maximum atomic E-state index is 3.60. The third-order valence-electron chi connectivity index (χ3n) is 2.01. The number of aryl methyl sites for hydroxylation is 1. The zero-order valence-electron chi connectivity index (χ0n) is 7.10. The van der Waals surface area contributed by atoms with Gasteiger partial charge in [0, 0.05) is 24.8 Å². The standard InChI is InChI=1S/C10H8Br2S/c1-6-10(12)8-3-2-7(5-11)4-9(8)13-6/h2-4H,5H2,1H3. The van der Waals surface area contributed by atoms with Crippen molar-refractivity contribution in [3.63, 3.8) is 0 Å². The molecule has 1 heterocycles. The van der Waals surface area contributed by atoms with Crippen LogP contribution >= 0.6 is 43.2 Å². The quantitative estimate of drug-likeness (QED) is 0.658. The molecule has 0 N–H and O–H groups in total. The summed E-state index contributed by atoms with van der Waals surface area (Å²) < 4.78 is 2.61. The Morgan fingerprint density at radius 2 is 2.15 bits per heavy atom. The molecule has 3 heteroatoms. The van der Waals surface area contributed by atoms with Crippen LogP contribution in [0.2, 0.25) is 0 Å². The molecule has 68 valence electrons. The van der Waals surface area contributed by atoms with Gasteiger partial charge in [0.2, 0.25) is 0 Å². The summed E-state index contributed by atoms with van der Waals surface area (Å²) in [6, 6.07) is 6.58. The van der Waals surface area contributed by atoms with Gasteiger partial charge in [0.25, 0.3) is 0 Å². The minimum atomic E-state index is 0.928. The molecule has 0 unspecified atom stereocenters. The van der Waals surface area contributed by atoms with Gasteiger partial charge in [-0.2, -0.15) is 0 Å². The Balaban J connectivity index is 2.73. The molecule has 0 saturated heterocycles. The molecule has 13 heavy (non-hydrogen) atoms. The lowest BCUT2D eigenvalue weighted by atomic mass is 10.2. The second-order valence-corrected chi connectivity index (χ2v) is 5.55. The van der Waals surface area contributed by atoms with Crippen molar-refractivity contribution in [2.24, 2.45) is 0 Å². The van der Waals surface area contributed by atoms with E-state index in [1.807, 2.05) is 11.3 Å². The second kappa shape index (κ2) is 3.71. The van der Waals surface area contributed by atoms with Crippen LogP contribution in [0.25, 0.3) is 10.1 Å². The number of halogens is 2. The molecule has 0 aliphatic heterocycles. The lowest BCUT2D eigenvalue weighted by Crippen LogP contribution is -1.74. The van der Waals surface area contributed by atoms with Gasteiger partial charge < -0.3 is 0 Å². The van der Waals surface area contributed by atoms with Crippen molar-refractivity contribution < 1.29 is 0 Å². The van der Waals surface area contributed by atoms with Gasteiger partial charge in [-0.3, -0.25) is 0 Å². The van der Waals surface area contributed by atoms with E-state index in [0.29, 0.717) is 0 Å². The minimum absolute atomic E-state index is 0.928. The van der Waals surface area contributed by atoms with E-state index in [1.54, 1.807) is 0 Å². The lowest BCUT2D eigenvalue weighted by Gasteiger charge is -1.94. The average Bonchev–Trinajstić information content (AvgIpc) is 2.42. The zero-order chi connectivity index (χ0) is 9.42. The van der Waals surface area contributed by atoms with Crippen molar-refractivity contribution in [3.8, 4) is 0 Å². The fourth-order valence-electron chi connectivity index (χ4n) is 1.32. The van der Waals surface area contributed by atoms with Crippen LogP contribution in [0.5, 0.6) is 0 Å². The normalized spacial score (nSPS) is 11.0. The van der Waals surface area contributed by atoms with E-state index in [0.717, 1.165) is 5.33 Å². The number of hydrogen-bond donors (Lipinski definition) is 0. The Morgan fingerprint density at radius 1 is 1.38 bits per heavy atom. The van der Waals surface area contributed by atoms with Crippen molar-refractivity contribution in [2.75, 3.05) is 0 Å². The molecule has 1 aromatic heterocycles. The van der Waals surface area contributed by atoms with Crippen LogP contribution < -0.4 is 0 Å². The van der Waals surface area contributed by atoms with Crippen molar-refractivity contribution >= 4 is 53.3 Å². The molecular weight excluding hydrogens is 312 g/mol. The first-order valence-corrected chi connectivity index (χ1v) is 6.69. The van der Waals surface area contributed by atoms with Gasteiger partial charge in [0.05, 0.1) is 0 Å². The fraction of sp³-hybridized carbons (Fsp3) is 0.200. The van der Waals surface area contributed by atoms with Crippen LogP contribution in [0.3, 0.4) is 0 Å². The third kappa shape index (κ3) is 1.69. The summed E-state index contributed by atoms with van der Waals surface area (Å²) in [7, 11) is 0. The predicted octanol–water partition coefficient (Wildman–Crippen LogP) is 4.87. The lowest BCUT2D eigenvalue weighted by molar-refractivity contribution is 1.47. The van der Waals surface area contributed by atoms with Crippen LogP contribution in [-0.4, -0.2) is 0 Å². The Labute approximate surface area is 98.2 Å². The molecule has 0 aliphatic rings. The largest absolute Gasteiger partial charge is 0.139 e. The molecular formula is C10H8Br2S. The molecule has 0 saturated carbocycles. The summed E-state index contributed by atoms with van der Waals surface area (Å²) in [4.78, 5) is 1.35. The Bertz CT molecular complexity index is 445. The molecule has 0 amide bonds. The van der Waals surface area contributed by atoms with Crippen LogP contribution in [-0.2, 0) is 5.33 Å². The topological polar surface area (TPSA) is 0 Å². The molecule has 0 bridgehead atoms. The Morgan fingerprint density at radius 3 is 2.85 bits per heavy atom. The second-order valence-electron chi connectivity index (χ2n) is 2.94. The Hall–Kier alpha value is 0.140. The molecule has 0 spiro atoms. The highest BCUT2D eigenvalue weighted by Crippen LogP contribution is 2.35. The van der Waals surface area contributed by atoms with Crippen molar-refractivity contribution in [1.82, 2.24) is 0 Å². The van der Waals surface area contributed by atoms with Gasteiger partial charge in [0.1, 0.15) is 0 Å². The molecule has 2 rings (SSSR count). The van der Waals surface area contributed by atoms with Gasteiger partial charge in [0.15, 0.2) is 0 Å². The number of benzene rings is 1. The molecule has 1 aromatic carbocycles. The summed E-state index contributed by atoms with van der Waals surface area (Å²) in [6.45, 7) is 2.14. The van der Waals surface area contributed by atoms with Crippen molar-refractivity contribution in [1.29, 1.82) is 0 Å². The van der Waals surface area contributed by atoms with Crippen molar-refractivity contribution in [2.45, 2.75) is 12.3 Å². The van der Waals surface area contributed by atoms with E-state index >= 15 is 0 Å². The monoisotopic (exact) mass is 318 g/mol. The first-order valence-electron chi connectivity index (χ1n) is 3.96. The summed E-state index contributed by atoms with van der Waals surface area (Å²) in [5.41, 5.74) is 1.33. The fourth-order valence-corrected chi connectivity index (χ4v) is 3.40. The van der Waals surface area contributed by atoms with Crippen molar-refractivity contribution in [3.05, 3.63) is 33.1 Å². The minimum Gasteiger partial charge on any atom is -0.139 e. The SMILES string of the molecule is Cc1sc2cc(CBr)ccc2c1Br. The number of fused-ring (bicyclic) bond motifs is 1. The van der Waals surface area contributed by atoms with E-state index < -0.39 is 0 Å². The van der Waals surface area contributed by atoms with Crippen LogP contribution in [0, 0.1) is 6.92 Å². The summed E-state index contributed by atoms with van der Waals surface area (Å²) in [6.07, 6.45) is 0. The number of thiophene rings is 1. The highest BCUT2D eigenvalue weighted by atomic mass is 79.9. The predicted molar refractivity (Wildman–Crippen MR) is 66.9 cm³/mol. The molecule has 0 aliphatic carbocycles. The van der Waals surface area contributed by atoms with Gasteiger partial charge in [-0.15, -0.1) is 11.3 Å². The highest BCUT2D eigenvalue weighted by Gasteiger charge is 2.05. The summed E-state index contributed by atoms with van der Waals surface area (Å²) in [5, 5.41) is 2.25. The molecule has 0 atom stereocenters. The Kier molecular flexibility index (Phi) is 2.77. The highest BCUT2D eigenvalue weighted by molar-refractivity contribution is 9.10. The van der Waals surface area contributed by atoms with Crippen LogP contribution in [0.1, 0.15) is 10.4 Å². The van der Waals surface area contributed by atoms with E-state index in [4.69, 9.17) is 0 Å². The first kappa shape index (κ1) is 9.69. The van der Waals surface area contributed by atoms with Gasteiger partial charge in [-0.1, -0.05) is 28.1 Å². The smallest absolute Gasteiger partial charge is 0.0390 e.